The molecule has 0 spiro atoms. The van der Waals surface area contributed by atoms with Gasteiger partial charge < -0.3 is 9.47 Å². The molecule has 0 amide bonds. The highest BCUT2D eigenvalue weighted by Crippen LogP contribution is 2.52. The Bertz CT molecular complexity index is 1010. The van der Waals surface area contributed by atoms with E-state index in [0.717, 1.165) is 5.56 Å². The van der Waals surface area contributed by atoms with Crippen molar-refractivity contribution in [3.8, 4) is 0 Å². The van der Waals surface area contributed by atoms with Gasteiger partial charge in [-0.2, -0.15) is 0 Å². The third kappa shape index (κ3) is 1.92. The number of fused-ring (bicyclic) bond motifs is 7. The highest BCUT2D eigenvalue weighted by atomic mass is 16.8. The van der Waals surface area contributed by atoms with Crippen LogP contribution in [0.5, 0.6) is 0 Å². The zero-order chi connectivity index (χ0) is 16.6. The molecule has 1 unspecified atom stereocenters. The topological polar surface area (TPSA) is 18.5 Å². The summed E-state index contributed by atoms with van der Waals surface area (Å²) in [5, 5.41) is 5.04. The Hall–Kier alpha value is -2.16. The summed E-state index contributed by atoms with van der Waals surface area (Å²) < 4.78 is 12.9. The van der Waals surface area contributed by atoms with Gasteiger partial charge in [-0.05, 0) is 53.1 Å². The SMILES string of the molecule is CC1(c2ccc3cc4ccccc4cc3c2)O[C@@H]2[C@H](O1)[C@H]1C=C[C@@H]2C1. The maximum Gasteiger partial charge on any atom is 0.192 e. The zero-order valence-corrected chi connectivity index (χ0v) is 14.2. The van der Waals surface area contributed by atoms with E-state index in [-0.39, 0.29) is 12.2 Å². The monoisotopic (exact) mass is 328 g/mol. The number of rotatable bonds is 1. The van der Waals surface area contributed by atoms with Crippen molar-refractivity contribution in [1.29, 1.82) is 0 Å². The minimum absolute atomic E-state index is 0.215. The third-order valence-corrected chi connectivity index (χ3v) is 6.27. The van der Waals surface area contributed by atoms with Crippen LogP contribution >= 0.6 is 0 Å². The second-order valence-corrected chi connectivity index (χ2v) is 7.82. The number of ether oxygens (including phenoxy) is 2. The minimum atomic E-state index is -0.641. The molecule has 1 heterocycles. The van der Waals surface area contributed by atoms with E-state index in [1.807, 2.05) is 0 Å². The van der Waals surface area contributed by atoms with Crippen LogP contribution in [0.25, 0.3) is 21.5 Å². The average molecular weight is 328 g/mol. The van der Waals surface area contributed by atoms with Crippen molar-refractivity contribution >= 4 is 21.5 Å². The van der Waals surface area contributed by atoms with E-state index in [1.54, 1.807) is 0 Å². The van der Waals surface area contributed by atoms with Crippen LogP contribution in [0.3, 0.4) is 0 Å². The lowest BCUT2D eigenvalue weighted by atomic mass is 9.99. The molecule has 2 bridgehead atoms. The van der Waals surface area contributed by atoms with Crippen LogP contribution in [0.1, 0.15) is 18.9 Å². The van der Waals surface area contributed by atoms with E-state index < -0.39 is 5.79 Å². The average Bonchev–Trinajstić information content (AvgIpc) is 3.31. The number of benzene rings is 3. The fourth-order valence-corrected chi connectivity index (χ4v) is 4.95. The second kappa shape index (κ2) is 4.72. The molecule has 3 aliphatic rings. The summed E-state index contributed by atoms with van der Waals surface area (Å²) in [6.45, 7) is 2.08. The van der Waals surface area contributed by atoms with Gasteiger partial charge in [0.15, 0.2) is 5.79 Å². The summed E-state index contributed by atoms with van der Waals surface area (Å²) >= 11 is 0. The van der Waals surface area contributed by atoms with E-state index in [9.17, 15) is 0 Å². The second-order valence-electron chi connectivity index (χ2n) is 7.82. The molecule has 25 heavy (non-hydrogen) atoms. The van der Waals surface area contributed by atoms with Gasteiger partial charge in [-0.15, -0.1) is 0 Å². The number of hydrogen-bond acceptors (Lipinski definition) is 2. The Morgan fingerprint density at radius 2 is 1.36 bits per heavy atom. The van der Waals surface area contributed by atoms with Crippen LogP contribution in [-0.2, 0) is 15.3 Å². The van der Waals surface area contributed by atoms with Gasteiger partial charge >= 0.3 is 0 Å². The minimum Gasteiger partial charge on any atom is -0.339 e. The molecule has 124 valence electrons. The van der Waals surface area contributed by atoms with Crippen LogP contribution in [0, 0.1) is 11.8 Å². The van der Waals surface area contributed by atoms with Crippen molar-refractivity contribution in [2.24, 2.45) is 11.8 Å². The van der Waals surface area contributed by atoms with Crippen LogP contribution in [-0.4, -0.2) is 12.2 Å². The lowest BCUT2D eigenvalue weighted by Gasteiger charge is -2.26. The van der Waals surface area contributed by atoms with E-state index in [4.69, 9.17) is 9.47 Å². The molecule has 1 saturated heterocycles. The van der Waals surface area contributed by atoms with Crippen molar-refractivity contribution in [3.05, 3.63) is 72.3 Å². The lowest BCUT2D eigenvalue weighted by Crippen LogP contribution is -2.26. The van der Waals surface area contributed by atoms with Crippen LogP contribution in [0.15, 0.2) is 66.7 Å². The normalized spacial score (nSPS) is 35.7. The fourth-order valence-electron chi connectivity index (χ4n) is 4.95. The van der Waals surface area contributed by atoms with Crippen LogP contribution in [0.2, 0.25) is 0 Å². The summed E-state index contributed by atoms with van der Waals surface area (Å²) in [7, 11) is 0. The van der Waals surface area contributed by atoms with Gasteiger partial charge in [0.1, 0.15) is 0 Å². The highest BCUT2D eigenvalue weighted by molar-refractivity contribution is 5.98. The predicted octanol–water partition coefficient (Wildman–Crippen LogP) is 5.16. The first-order chi connectivity index (χ1) is 12.2. The first-order valence-electron chi connectivity index (χ1n) is 9.17. The molecule has 1 saturated carbocycles. The predicted molar refractivity (Wildman–Crippen MR) is 99.3 cm³/mol. The van der Waals surface area contributed by atoms with Crippen LogP contribution < -0.4 is 0 Å². The third-order valence-electron chi connectivity index (χ3n) is 6.27. The Kier molecular flexibility index (Phi) is 2.65. The van der Waals surface area contributed by atoms with Gasteiger partial charge in [-0.25, -0.2) is 0 Å². The molecule has 3 aromatic rings. The molecule has 0 aromatic heterocycles. The van der Waals surface area contributed by atoms with E-state index >= 15 is 0 Å². The molecule has 2 nitrogen and oxygen atoms in total. The van der Waals surface area contributed by atoms with Gasteiger partial charge in [-0.3, -0.25) is 0 Å². The van der Waals surface area contributed by atoms with E-state index in [0.29, 0.717) is 11.8 Å². The molecular weight excluding hydrogens is 308 g/mol. The van der Waals surface area contributed by atoms with Gasteiger partial charge in [0.2, 0.25) is 0 Å². The summed E-state index contributed by atoms with van der Waals surface area (Å²) in [5.41, 5.74) is 1.11. The molecule has 5 atom stereocenters. The maximum atomic E-state index is 6.46. The Morgan fingerprint density at radius 1 is 0.760 bits per heavy atom. The fraction of sp³-hybridized carbons (Fsp3) is 0.304. The Labute approximate surface area is 147 Å². The van der Waals surface area contributed by atoms with Crippen molar-refractivity contribution in [3.63, 3.8) is 0 Å². The molecule has 2 aliphatic carbocycles. The van der Waals surface area contributed by atoms with Gasteiger partial charge in [0.05, 0.1) is 12.2 Å². The summed E-state index contributed by atoms with van der Waals surface area (Å²) in [6, 6.07) is 19.6. The zero-order valence-electron chi connectivity index (χ0n) is 14.2. The van der Waals surface area contributed by atoms with Crippen molar-refractivity contribution < 1.29 is 9.47 Å². The standard InChI is InChI=1S/C23H20O2/c1-23(24-21-17-6-7-18(12-17)22(21)25-23)20-9-8-16-10-14-4-2-3-5-15(14)11-19(16)13-20/h2-11,13,17-18,21-22H,12H2,1H3/t17-,18+,21+,22-,23?. The molecule has 3 aromatic carbocycles. The Balaban J connectivity index is 1.43. The molecule has 1 aliphatic heterocycles. The van der Waals surface area contributed by atoms with E-state index in [1.165, 1.54) is 28.0 Å². The van der Waals surface area contributed by atoms with Crippen LogP contribution in [0.4, 0.5) is 0 Å². The first kappa shape index (κ1) is 14.1. The van der Waals surface area contributed by atoms with Crippen molar-refractivity contribution in [2.45, 2.75) is 31.3 Å². The van der Waals surface area contributed by atoms with Gasteiger partial charge in [0.25, 0.3) is 0 Å². The van der Waals surface area contributed by atoms with Crippen molar-refractivity contribution in [1.82, 2.24) is 0 Å². The smallest absolute Gasteiger partial charge is 0.192 e. The first-order valence-corrected chi connectivity index (χ1v) is 9.17. The van der Waals surface area contributed by atoms with Gasteiger partial charge in [0, 0.05) is 17.4 Å². The molecular formula is C23H20O2. The summed E-state index contributed by atoms with van der Waals surface area (Å²) in [6.07, 6.45) is 6.25. The quantitative estimate of drug-likeness (QED) is 0.454. The lowest BCUT2D eigenvalue weighted by molar-refractivity contribution is -0.179. The van der Waals surface area contributed by atoms with Crippen molar-refractivity contribution in [2.75, 3.05) is 0 Å². The summed E-state index contributed by atoms with van der Waals surface area (Å²) in [4.78, 5) is 0. The number of hydrogen-bond donors (Lipinski definition) is 0. The Morgan fingerprint density at radius 3 is 2.04 bits per heavy atom. The molecule has 0 radical (unpaired) electrons. The molecule has 6 rings (SSSR count). The van der Waals surface area contributed by atoms with E-state index in [2.05, 4.69) is 73.7 Å². The van der Waals surface area contributed by atoms with Gasteiger partial charge in [-0.1, -0.05) is 48.6 Å². The summed E-state index contributed by atoms with van der Waals surface area (Å²) in [5.74, 6) is 0.417. The molecule has 2 fully saturated rings. The highest BCUT2D eigenvalue weighted by Gasteiger charge is 2.56. The maximum absolute atomic E-state index is 6.46. The molecule has 0 N–H and O–H groups in total. The largest absolute Gasteiger partial charge is 0.339 e. The molecule has 2 heteroatoms.